The SMILES string of the molecule is NCc1ccc2c(c1)CN(c1c(N)c(=O)c1=O)CC2.O=C(O)c1ccc2ncccc2c1. The van der Waals surface area contributed by atoms with Crippen molar-refractivity contribution in [2.75, 3.05) is 17.2 Å². The molecular weight excluding hydrogens is 408 g/mol. The topological polar surface area (TPSA) is 140 Å². The Morgan fingerprint density at radius 2 is 1.88 bits per heavy atom. The predicted octanol–water partition coefficient (Wildman–Crippen LogP) is 1.82. The van der Waals surface area contributed by atoms with Crippen molar-refractivity contribution in [1.82, 2.24) is 4.98 Å². The van der Waals surface area contributed by atoms with Crippen molar-refractivity contribution >= 4 is 28.2 Å². The van der Waals surface area contributed by atoms with Crippen LogP contribution in [0.1, 0.15) is 27.0 Å². The van der Waals surface area contributed by atoms with E-state index in [1.807, 2.05) is 17.0 Å². The Hall–Kier alpha value is -4.04. The quantitative estimate of drug-likeness (QED) is 0.418. The number of anilines is 2. The molecule has 0 saturated carbocycles. The van der Waals surface area contributed by atoms with Crippen molar-refractivity contribution in [2.24, 2.45) is 5.73 Å². The van der Waals surface area contributed by atoms with Crippen LogP contribution in [-0.4, -0.2) is 22.6 Å². The third-order valence-corrected chi connectivity index (χ3v) is 5.61. The number of aromatic nitrogens is 1. The lowest BCUT2D eigenvalue weighted by molar-refractivity contribution is 0.0697. The van der Waals surface area contributed by atoms with Gasteiger partial charge in [0.25, 0.3) is 10.9 Å². The van der Waals surface area contributed by atoms with E-state index in [4.69, 9.17) is 16.6 Å². The van der Waals surface area contributed by atoms with Gasteiger partial charge in [-0.1, -0.05) is 24.3 Å². The lowest BCUT2D eigenvalue weighted by atomic mass is 9.96. The molecule has 8 heteroatoms. The van der Waals surface area contributed by atoms with Gasteiger partial charge in [-0.3, -0.25) is 14.6 Å². The zero-order valence-corrected chi connectivity index (χ0v) is 17.2. The molecule has 0 unspecified atom stereocenters. The number of hydrogen-bond donors (Lipinski definition) is 3. The van der Waals surface area contributed by atoms with Crippen LogP contribution in [0.5, 0.6) is 0 Å². The van der Waals surface area contributed by atoms with Crippen LogP contribution in [0.3, 0.4) is 0 Å². The average molecular weight is 430 g/mol. The second-order valence-corrected chi connectivity index (χ2v) is 7.62. The molecule has 1 aliphatic heterocycles. The number of nitrogen functional groups attached to an aromatic ring is 1. The smallest absolute Gasteiger partial charge is 0.335 e. The third-order valence-electron chi connectivity index (χ3n) is 5.61. The molecular formula is C24H22N4O4. The molecule has 0 aliphatic carbocycles. The van der Waals surface area contributed by atoms with E-state index < -0.39 is 16.8 Å². The van der Waals surface area contributed by atoms with Crippen LogP contribution in [0.25, 0.3) is 10.9 Å². The van der Waals surface area contributed by atoms with Crippen molar-refractivity contribution < 1.29 is 9.90 Å². The normalized spacial score (nSPS) is 12.8. The van der Waals surface area contributed by atoms with E-state index in [0.717, 1.165) is 28.5 Å². The Bertz CT molecular complexity index is 1390. The molecule has 1 aromatic heterocycles. The van der Waals surface area contributed by atoms with E-state index in [1.165, 1.54) is 5.56 Å². The first kappa shape index (κ1) is 21.2. The number of carbonyl (C=O) groups is 1. The number of rotatable bonds is 3. The first-order chi connectivity index (χ1) is 15.4. The lowest BCUT2D eigenvalue weighted by Gasteiger charge is -2.31. The molecule has 2 heterocycles. The zero-order chi connectivity index (χ0) is 22.8. The number of fused-ring (bicyclic) bond motifs is 2. The van der Waals surface area contributed by atoms with Crippen LogP contribution in [-0.2, 0) is 19.5 Å². The van der Waals surface area contributed by atoms with Crippen LogP contribution in [0.4, 0.5) is 11.4 Å². The van der Waals surface area contributed by atoms with Crippen LogP contribution in [0.2, 0.25) is 0 Å². The highest BCUT2D eigenvalue weighted by atomic mass is 16.4. The summed E-state index contributed by atoms with van der Waals surface area (Å²) in [4.78, 5) is 39.3. The summed E-state index contributed by atoms with van der Waals surface area (Å²) >= 11 is 0. The molecule has 0 bridgehead atoms. The summed E-state index contributed by atoms with van der Waals surface area (Å²) in [5.41, 5.74) is 15.3. The van der Waals surface area contributed by atoms with Crippen molar-refractivity contribution in [3.05, 3.63) is 97.4 Å². The Morgan fingerprint density at radius 3 is 2.59 bits per heavy atom. The van der Waals surface area contributed by atoms with Gasteiger partial charge in [0.15, 0.2) is 0 Å². The van der Waals surface area contributed by atoms with Crippen LogP contribution in [0, 0.1) is 0 Å². The van der Waals surface area contributed by atoms with Crippen molar-refractivity contribution in [1.29, 1.82) is 0 Å². The van der Waals surface area contributed by atoms with Gasteiger partial charge in [0.2, 0.25) is 0 Å². The number of pyridine rings is 1. The molecule has 0 saturated heterocycles. The monoisotopic (exact) mass is 430 g/mol. The van der Waals surface area contributed by atoms with E-state index in [9.17, 15) is 14.4 Å². The van der Waals surface area contributed by atoms with Gasteiger partial charge < -0.3 is 21.5 Å². The van der Waals surface area contributed by atoms with E-state index in [1.54, 1.807) is 30.5 Å². The fraction of sp³-hybridized carbons (Fsp3) is 0.167. The molecule has 0 amide bonds. The van der Waals surface area contributed by atoms with Gasteiger partial charge in [-0.25, -0.2) is 4.79 Å². The molecule has 0 fully saturated rings. The minimum atomic E-state index is -0.911. The van der Waals surface area contributed by atoms with Gasteiger partial charge >= 0.3 is 5.97 Å². The molecule has 0 atom stereocenters. The largest absolute Gasteiger partial charge is 0.478 e. The maximum absolute atomic E-state index is 11.6. The van der Waals surface area contributed by atoms with Gasteiger partial charge in [-0.05, 0) is 47.4 Å². The second kappa shape index (κ2) is 8.60. The molecule has 0 spiro atoms. The zero-order valence-electron chi connectivity index (χ0n) is 17.2. The standard InChI is InChI=1S/C14H15N3O2.C10H7NO2/c15-6-8-1-2-9-3-4-17(7-10(9)5-8)12-11(16)13(18)14(12)19;12-10(13)8-3-4-9-7(6-8)2-1-5-11-9/h1-2,5H,3-4,6-7,15-16H2;1-6H,(H,12,13). The number of nitrogens with two attached hydrogens (primary N) is 2. The van der Waals surface area contributed by atoms with Crippen molar-refractivity contribution in [3.63, 3.8) is 0 Å². The molecule has 1 aliphatic rings. The Balaban J connectivity index is 0.000000165. The minimum absolute atomic E-state index is 0.100. The van der Waals surface area contributed by atoms with E-state index in [0.29, 0.717) is 30.9 Å². The van der Waals surface area contributed by atoms with Crippen molar-refractivity contribution in [3.8, 4) is 0 Å². The summed E-state index contributed by atoms with van der Waals surface area (Å²) < 4.78 is 0. The molecule has 0 radical (unpaired) electrons. The summed E-state index contributed by atoms with van der Waals surface area (Å²) in [5, 5.41) is 9.57. The van der Waals surface area contributed by atoms with Crippen LogP contribution >= 0.6 is 0 Å². The van der Waals surface area contributed by atoms with Crippen LogP contribution in [0.15, 0.2) is 64.3 Å². The molecule has 8 nitrogen and oxygen atoms in total. The lowest BCUT2D eigenvalue weighted by Crippen LogP contribution is -2.44. The Kier molecular flexibility index (Phi) is 5.70. The summed E-state index contributed by atoms with van der Waals surface area (Å²) in [6.07, 6.45) is 2.53. The number of benzene rings is 2. The number of nitrogens with zero attached hydrogens (tertiary/aromatic N) is 2. The molecule has 3 aromatic carbocycles. The van der Waals surface area contributed by atoms with E-state index >= 15 is 0 Å². The van der Waals surface area contributed by atoms with Gasteiger partial charge in [0.1, 0.15) is 11.4 Å². The highest BCUT2D eigenvalue weighted by Crippen LogP contribution is 2.26. The average Bonchev–Trinajstić information content (AvgIpc) is 2.83. The van der Waals surface area contributed by atoms with Crippen LogP contribution < -0.4 is 27.2 Å². The second-order valence-electron chi connectivity index (χ2n) is 7.62. The van der Waals surface area contributed by atoms with Gasteiger partial charge in [0, 0.05) is 31.2 Å². The summed E-state index contributed by atoms with van der Waals surface area (Å²) in [6, 6.07) is 14.7. The van der Waals surface area contributed by atoms with Gasteiger partial charge in [-0.15, -0.1) is 0 Å². The van der Waals surface area contributed by atoms with E-state index in [-0.39, 0.29) is 5.69 Å². The molecule has 32 heavy (non-hydrogen) atoms. The number of hydrogen-bond acceptors (Lipinski definition) is 7. The Labute approximate surface area is 183 Å². The highest BCUT2D eigenvalue weighted by Gasteiger charge is 2.26. The maximum Gasteiger partial charge on any atom is 0.335 e. The first-order valence-electron chi connectivity index (χ1n) is 10.1. The summed E-state index contributed by atoms with van der Waals surface area (Å²) in [7, 11) is 0. The van der Waals surface area contributed by atoms with Gasteiger partial charge in [0.05, 0.1) is 11.1 Å². The number of aromatic carboxylic acids is 1. The number of carboxylic acid groups (broad SMARTS) is 1. The van der Waals surface area contributed by atoms with Crippen molar-refractivity contribution in [2.45, 2.75) is 19.5 Å². The predicted molar refractivity (Wildman–Crippen MR) is 124 cm³/mol. The van der Waals surface area contributed by atoms with E-state index in [2.05, 4.69) is 17.1 Å². The fourth-order valence-electron chi connectivity index (χ4n) is 3.85. The first-order valence-corrected chi connectivity index (χ1v) is 10.1. The highest BCUT2D eigenvalue weighted by molar-refractivity contribution is 5.93. The van der Waals surface area contributed by atoms with Gasteiger partial charge in [-0.2, -0.15) is 0 Å². The molecule has 5 N–H and O–H groups in total. The fourth-order valence-corrected chi connectivity index (χ4v) is 3.85. The number of carboxylic acids is 1. The minimum Gasteiger partial charge on any atom is -0.478 e. The third kappa shape index (κ3) is 3.95. The molecule has 4 aromatic rings. The Morgan fingerprint density at radius 1 is 1.06 bits per heavy atom. The summed E-state index contributed by atoms with van der Waals surface area (Å²) in [5.74, 6) is -0.911. The maximum atomic E-state index is 11.6. The molecule has 162 valence electrons. The summed E-state index contributed by atoms with van der Waals surface area (Å²) in [6.45, 7) is 1.82. The molecule has 5 rings (SSSR count).